The summed E-state index contributed by atoms with van der Waals surface area (Å²) in [6.07, 6.45) is 3.15. The second kappa shape index (κ2) is 7.92. The highest BCUT2D eigenvalue weighted by molar-refractivity contribution is 5.85. The minimum atomic E-state index is -0.988. The van der Waals surface area contributed by atoms with Crippen molar-refractivity contribution >= 4 is 18.5 Å². The van der Waals surface area contributed by atoms with Gasteiger partial charge in [-0.05, 0) is 49.8 Å². The number of amides is 1. The lowest BCUT2D eigenvalue weighted by Gasteiger charge is -2.30. The molecular weight excluding hydrogens is 290 g/mol. The Morgan fingerprint density at radius 1 is 1.38 bits per heavy atom. The van der Waals surface area contributed by atoms with E-state index < -0.39 is 11.7 Å². The predicted octanol–water partition coefficient (Wildman–Crippen LogP) is 2.58. The summed E-state index contributed by atoms with van der Waals surface area (Å²) >= 11 is 0. The van der Waals surface area contributed by atoms with Gasteiger partial charge in [-0.15, -0.1) is 12.4 Å². The minimum absolute atomic E-state index is 0. The third-order valence-corrected chi connectivity index (χ3v) is 3.47. The Kier molecular flexibility index (Phi) is 6.54. The molecule has 0 aliphatic heterocycles. The summed E-state index contributed by atoms with van der Waals surface area (Å²) in [5.41, 5.74) is 1.25. The number of carboxylic acid groups (broad SMARTS) is 1. The van der Waals surface area contributed by atoms with Crippen LogP contribution in [-0.4, -0.2) is 28.5 Å². The van der Waals surface area contributed by atoms with Crippen molar-refractivity contribution < 1.29 is 15.0 Å². The molecule has 0 bridgehead atoms. The highest BCUT2D eigenvalue weighted by Gasteiger charge is 2.31. The first kappa shape index (κ1) is 17.4. The highest BCUT2D eigenvalue weighted by Crippen LogP contribution is 2.30. The molecule has 0 saturated heterocycles. The smallest absolute Gasteiger partial charge is 0.404 e. The molecule has 1 aromatic carbocycles. The molecule has 21 heavy (non-hydrogen) atoms. The molecule has 0 radical (unpaired) electrons. The molecule has 0 aromatic heterocycles. The molecule has 0 spiro atoms. The average Bonchev–Trinajstić information content (AvgIpc) is 2.39. The number of hydrogen-bond acceptors (Lipinski definition) is 2. The third kappa shape index (κ3) is 5.66. The van der Waals surface area contributed by atoms with Crippen molar-refractivity contribution in [1.29, 1.82) is 0 Å². The standard InChI is InChI=1S/C16H19NO3.ClH/c18-15(19)17-11-2-6-13-4-1-5-14(12-13)7-10-16(20)8-3-9-16;/h1,4-5,12,17,20H,2-3,6,8-9,11H2,(H,18,19);1H. The molecule has 2 rings (SSSR count). The monoisotopic (exact) mass is 309 g/mol. The summed E-state index contributed by atoms with van der Waals surface area (Å²) in [5, 5.41) is 20.8. The van der Waals surface area contributed by atoms with Crippen molar-refractivity contribution in [2.75, 3.05) is 6.54 Å². The fourth-order valence-corrected chi connectivity index (χ4v) is 2.12. The molecule has 0 atom stereocenters. The van der Waals surface area contributed by atoms with Crippen LogP contribution in [0.3, 0.4) is 0 Å². The predicted molar refractivity (Wildman–Crippen MR) is 83.7 cm³/mol. The molecule has 1 saturated carbocycles. The SMILES string of the molecule is Cl.O=C(O)NCCCc1cccc(C#CC2(O)CCC2)c1. The molecule has 4 nitrogen and oxygen atoms in total. The zero-order valence-corrected chi connectivity index (χ0v) is 12.6. The summed E-state index contributed by atoms with van der Waals surface area (Å²) < 4.78 is 0. The van der Waals surface area contributed by atoms with Gasteiger partial charge in [0.1, 0.15) is 5.60 Å². The molecule has 1 amide bonds. The minimum Gasteiger partial charge on any atom is -0.465 e. The topological polar surface area (TPSA) is 69.6 Å². The van der Waals surface area contributed by atoms with E-state index in [1.165, 1.54) is 0 Å². The lowest BCUT2D eigenvalue weighted by atomic mass is 9.81. The maximum atomic E-state index is 10.3. The quantitative estimate of drug-likeness (QED) is 0.591. The van der Waals surface area contributed by atoms with Gasteiger partial charge in [-0.1, -0.05) is 24.0 Å². The highest BCUT2D eigenvalue weighted by atomic mass is 35.5. The lowest BCUT2D eigenvalue weighted by molar-refractivity contribution is 0.0240. The van der Waals surface area contributed by atoms with E-state index in [0.29, 0.717) is 6.54 Å². The van der Waals surface area contributed by atoms with Crippen LogP contribution >= 0.6 is 12.4 Å². The Hall–Kier alpha value is -1.70. The number of hydrogen-bond donors (Lipinski definition) is 3. The number of rotatable bonds is 4. The summed E-state index contributed by atoms with van der Waals surface area (Å²) in [7, 11) is 0. The van der Waals surface area contributed by atoms with Gasteiger partial charge in [0.25, 0.3) is 0 Å². The lowest BCUT2D eigenvalue weighted by Crippen LogP contribution is -2.34. The van der Waals surface area contributed by atoms with Gasteiger partial charge in [0.05, 0.1) is 0 Å². The zero-order chi connectivity index (χ0) is 14.4. The summed E-state index contributed by atoms with van der Waals surface area (Å²) in [5.74, 6) is 5.96. The van der Waals surface area contributed by atoms with Crippen LogP contribution in [0.15, 0.2) is 24.3 Å². The van der Waals surface area contributed by atoms with Crippen molar-refractivity contribution in [3.8, 4) is 11.8 Å². The van der Waals surface area contributed by atoms with Crippen LogP contribution in [0.25, 0.3) is 0 Å². The van der Waals surface area contributed by atoms with Crippen LogP contribution in [0, 0.1) is 11.8 Å². The van der Waals surface area contributed by atoms with E-state index >= 15 is 0 Å². The molecule has 1 aromatic rings. The van der Waals surface area contributed by atoms with Crippen molar-refractivity contribution in [3.63, 3.8) is 0 Å². The first-order valence-electron chi connectivity index (χ1n) is 6.89. The van der Waals surface area contributed by atoms with E-state index in [4.69, 9.17) is 5.11 Å². The number of benzene rings is 1. The van der Waals surface area contributed by atoms with Crippen molar-refractivity contribution in [2.24, 2.45) is 0 Å². The van der Waals surface area contributed by atoms with Crippen molar-refractivity contribution in [3.05, 3.63) is 35.4 Å². The van der Waals surface area contributed by atoms with Gasteiger partial charge < -0.3 is 15.5 Å². The van der Waals surface area contributed by atoms with Crippen molar-refractivity contribution in [2.45, 2.75) is 37.7 Å². The van der Waals surface area contributed by atoms with Gasteiger partial charge in [0, 0.05) is 12.1 Å². The summed E-state index contributed by atoms with van der Waals surface area (Å²) in [4.78, 5) is 10.3. The van der Waals surface area contributed by atoms with Crippen LogP contribution < -0.4 is 5.32 Å². The molecule has 1 aliphatic carbocycles. The van der Waals surface area contributed by atoms with Crippen LogP contribution in [0.5, 0.6) is 0 Å². The molecule has 1 aliphatic rings. The number of carbonyl (C=O) groups is 1. The van der Waals surface area contributed by atoms with Gasteiger partial charge in [-0.2, -0.15) is 0 Å². The fraction of sp³-hybridized carbons (Fsp3) is 0.438. The number of nitrogens with one attached hydrogen (secondary N) is 1. The molecule has 5 heteroatoms. The maximum absolute atomic E-state index is 10.3. The normalized spacial score (nSPS) is 14.9. The summed E-state index contributed by atoms with van der Waals surface area (Å²) in [6, 6.07) is 7.86. The Labute approximate surface area is 131 Å². The maximum Gasteiger partial charge on any atom is 0.404 e. The van der Waals surface area contributed by atoms with Gasteiger partial charge >= 0.3 is 6.09 Å². The van der Waals surface area contributed by atoms with E-state index in [0.717, 1.165) is 43.2 Å². The van der Waals surface area contributed by atoms with Gasteiger partial charge in [-0.25, -0.2) is 4.79 Å². The zero-order valence-electron chi connectivity index (χ0n) is 11.8. The van der Waals surface area contributed by atoms with Crippen LogP contribution in [0.1, 0.15) is 36.8 Å². The van der Waals surface area contributed by atoms with Gasteiger partial charge in [0.15, 0.2) is 0 Å². The second-order valence-electron chi connectivity index (χ2n) is 5.17. The Bertz CT molecular complexity index is 544. The number of halogens is 1. The second-order valence-corrected chi connectivity index (χ2v) is 5.17. The third-order valence-electron chi connectivity index (χ3n) is 3.47. The van der Waals surface area contributed by atoms with E-state index in [-0.39, 0.29) is 12.4 Å². The Balaban J connectivity index is 0.00000220. The molecule has 0 heterocycles. The van der Waals surface area contributed by atoms with Crippen LogP contribution in [-0.2, 0) is 6.42 Å². The molecule has 3 N–H and O–H groups in total. The van der Waals surface area contributed by atoms with Crippen LogP contribution in [0.4, 0.5) is 4.79 Å². The van der Waals surface area contributed by atoms with Crippen molar-refractivity contribution in [1.82, 2.24) is 5.32 Å². The number of aryl methyl sites for hydroxylation is 1. The van der Waals surface area contributed by atoms with E-state index in [2.05, 4.69) is 17.2 Å². The fourth-order valence-electron chi connectivity index (χ4n) is 2.12. The molecule has 1 fully saturated rings. The van der Waals surface area contributed by atoms with E-state index in [1.807, 2.05) is 24.3 Å². The first-order chi connectivity index (χ1) is 9.57. The average molecular weight is 310 g/mol. The molecular formula is C16H20ClNO3. The van der Waals surface area contributed by atoms with Crippen LogP contribution in [0.2, 0.25) is 0 Å². The largest absolute Gasteiger partial charge is 0.465 e. The van der Waals surface area contributed by atoms with Gasteiger partial charge in [-0.3, -0.25) is 0 Å². The Morgan fingerprint density at radius 3 is 2.76 bits per heavy atom. The Morgan fingerprint density at radius 2 is 2.14 bits per heavy atom. The van der Waals surface area contributed by atoms with E-state index in [9.17, 15) is 9.90 Å². The van der Waals surface area contributed by atoms with E-state index in [1.54, 1.807) is 0 Å². The molecule has 114 valence electrons. The molecule has 0 unspecified atom stereocenters. The first-order valence-corrected chi connectivity index (χ1v) is 6.89. The van der Waals surface area contributed by atoms with Gasteiger partial charge in [0.2, 0.25) is 0 Å². The summed E-state index contributed by atoms with van der Waals surface area (Å²) in [6.45, 7) is 0.449. The number of aliphatic hydroxyl groups is 1.